The van der Waals surface area contributed by atoms with Crippen LogP contribution in [0.4, 0.5) is 0 Å². The van der Waals surface area contributed by atoms with Gasteiger partial charge in [-0.1, -0.05) is 24.3 Å². The molecule has 5 heteroatoms. The van der Waals surface area contributed by atoms with Crippen molar-refractivity contribution in [1.82, 2.24) is 25.4 Å². The molecule has 0 aromatic heterocycles. The van der Waals surface area contributed by atoms with Gasteiger partial charge in [-0.25, -0.2) is 10.4 Å². The molecule has 0 fully saturated rings. The smallest absolute Gasteiger partial charge is 0.173 e. The van der Waals surface area contributed by atoms with Gasteiger partial charge in [0.2, 0.25) is 0 Å². The van der Waals surface area contributed by atoms with Gasteiger partial charge < -0.3 is 0 Å². The summed E-state index contributed by atoms with van der Waals surface area (Å²) in [6.45, 7) is 0. The van der Waals surface area contributed by atoms with E-state index in [2.05, 4.69) is 32.8 Å². The number of benzene rings is 1. The molecule has 5 nitrogen and oxygen atoms in total. The first-order valence-corrected chi connectivity index (χ1v) is 4.08. The van der Waals surface area contributed by atoms with Crippen LogP contribution in [0.15, 0.2) is 30.5 Å². The van der Waals surface area contributed by atoms with E-state index in [9.17, 15) is 0 Å². The molecule has 0 spiro atoms. The molecule has 0 aliphatic carbocycles. The first kappa shape index (κ1) is 6.47. The molecule has 0 saturated carbocycles. The Morgan fingerprint density at radius 3 is 3.08 bits per heavy atom. The van der Waals surface area contributed by atoms with Crippen molar-refractivity contribution in [2.24, 2.45) is 0 Å². The van der Waals surface area contributed by atoms with Gasteiger partial charge >= 0.3 is 0 Å². The van der Waals surface area contributed by atoms with E-state index in [0.29, 0.717) is 0 Å². The second-order valence-electron chi connectivity index (χ2n) is 2.91. The van der Waals surface area contributed by atoms with Gasteiger partial charge in [0.25, 0.3) is 0 Å². The predicted molar refractivity (Wildman–Crippen MR) is 49.5 cm³/mol. The number of hydrogen-bond donors (Lipinski definition) is 4. The lowest BCUT2D eigenvalue weighted by atomic mass is 10.2. The Hall–Kier alpha value is -2.04. The van der Waals surface area contributed by atoms with E-state index in [1.807, 2.05) is 18.3 Å². The monoisotopic (exact) mass is 175 g/mol. The van der Waals surface area contributed by atoms with Crippen molar-refractivity contribution >= 4 is 10.8 Å². The summed E-state index contributed by atoms with van der Waals surface area (Å²) in [7, 11) is 0. The van der Waals surface area contributed by atoms with Crippen LogP contribution in [-0.4, -0.2) is 25.4 Å². The van der Waals surface area contributed by atoms with E-state index in [4.69, 9.17) is 0 Å². The fraction of sp³-hybridized carbons (Fsp3) is 0. The Labute approximate surface area is 73.3 Å². The molecule has 0 radical (unpaired) electrons. The van der Waals surface area contributed by atoms with Crippen molar-refractivity contribution in [2.45, 2.75) is 0 Å². The SMILES string of the molecule is c1ccc2c3[nH][nH][nH]n-3[nH]cc2c1. The van der Waals surface area contributed by atoms with Gasteiger partial charge in [0, 0.05) is 17.0 Å². The molecule has 0 atom stereocenters. The van der Waals surface area contributed by atoms with Gasteiger partial charge in [-0.15, -0.1) is 0 Å². The highest BCUT2D eigenvalue weighted by molar-refractivity contribution is 5.87. The first-order valence-electron chi connectivity index (χ1n) is 4.08. The summed E-state index contributed by atoms with van der Waals surface area (Å²) in [5.41, 5.74) is 0. The number of nitrogens with one attached hydrogen (secondary N) is 4. The van der Waals surface area contributed by atoms with Crippen molar-refractivity contribution in [2.75, 3.05) is 0 Å². The average molecular weight is 175 g/mol. The molecule has 13 heavy (non-hydrogen) atoms. The van der Waals surface area contributed by atoms with E-state index in [-0.39, 0.29) is 0 Å². The maximum atomic E-state index is 3.07. The van der Waals surface area contributed by atoms with Crippen LogP contribution in [0.3, 0.4) is 0 Å². The minimum atomic E-state index is 0.984. The maximum absolute atomic E-state index is 3.07. The van der Waals surface area contributed by atoms with Crippen molar-refractivity contribution in [1.29, 1.82) is 0 Å². The Morgan fingerprint density at radius 2 is 2.08 bits per heavy atom. The number of tetrazole rings is 1. The van der Waals surface area contributed by atoms with Crippen LogP contribution >= 0.6 is 0 Å². The van der Waals surface area contributed by atoms with Gasteiger partial charge in [0.15, 0.2) is 5.82 Å². The summed E-state index contributed by atoms with van der Waals surface area (Å²) in [6.07, 6.45) is 1.94. The Morgan fingerprint density at radius 1 is 1.15 bits per heavy atom. The highest BCUT2D eigenvalue weighted by atomic mass is 15.6. The van der Waals surface area contributed by atoms with Crippen LogP contribution in [0.25, 0.3) is 16.6 Å². The zero-order valence-electron chi connectivity index (χ0n) is 6.83. The lowest BCUT2D eigenvalue weighted by molar-refractivity contribution is 0.693. The zero-order valence-corrected chi connectivity index (χ0v) is 6.83. The Bertz CT molecular complexity index is 529. The Kier molecular flexibility index (Phi) is 1.11. The zero-order chi connectivity index (χ0) is 8.67. The molecule has 2 aliphatic heterocycles. The van der Waals surface area contributed by atoms with Crippen LogP contribution in [0, 0.1) is 0 Å². The van der Waals surface area contributed by atoms with Crippen LogP contribution in [0.2, 0.25) is 0 Å². The van der Waals surface area contributed by atoms with Crippen molar-refractivity contribution in [3.63, 3.8) is 0 Å². The van der Waals surface area contributed by atoms with Crippen molar-refractivity contribution in [3.05, 3.63) is 30.5 Å². The Balaban J connectivity index is 2.57. The average Bonchev–Trinajstić information content (AvgIpc) is 2.65. The lowest BCUT2D eigenvalue weighted by Crippen LogP contribution is -2.01. The first-order chi connectivity index (χ1) is 6.45. The third kappa shape index (κ3) is 0.807. The van der Waals surface area contributed by atoms with Crippen LogP contribution in [0.1, 0.15) is 0 Å². The van der Waals surface area contributed by atoms with Gasteiger partial charge in [0.05, 0.1) is 0 Å². The minimum Gasteiger partial charge on any atom is -0.284 e. The third-order valence-electron chi connectivity index (χ3n) is 2.14. The molecule has 1 aromatic rings. The van der Waals surface area contributed by atoms with Gasteiger partial charge in [-0.05, 0) is 0 Å². The quantitative estimate of drug-likeness (QED) is 0.400. The minimum absolute atomic E-state index is 0.984. The number of hydrogen-bond acceptors (Lipinski definition) is 0. The van der Waals surface area contributed by atoms with E-state index < -0.39 is 0 Å². The highest BCUT2D eigenvalue weighted by Crippen LogP contribution is 2.17. The highest BCUT2D eigenvalue weighted by Gasteiger charge is 2.04. The molecule has 2 aliphatic rings. The molecule has 66 valence electrons. The van der Waals surface area contributed by atoms with Gasteiger partial charge in [-0.2, -0.15) is 4.80 Å². The molecule has 0 bridgehead atoms. The van der Waals surface area contributed by atoms with E-state index in [1.165, 1.54) is 10.8 Å². The summed E-state index contributed by atoms with van der Waals surface area (Å²) < 4.78 is 0. The van der Waals surface area contributed by atoms with E-state index in [0.717, 1.165) is 5.82 Å². The van der Waals surface area contributed by atoms with Crippen LogP contribution < -0.4 is 0 Å². The summed E-state index contributed by atoms with van der Waals surface area (Å²) in [5.74, 6) is 0.984. The van der Waals surface area contributed by atoms with Crippen LogP contribution in [-0.2, 0) is 0 Å². The predicted octanol–water partition coefficient (Wildman–Crippen LogP) is 1.51. The van der Waals surface area contributed by atoms with E-state index >= 15 is 0 Å². The molecular formula is C8H9N5. The van der Waals surface area contributed by atoms with Gasteiger partial charge in [-0.3, -0.25) is 10.2 Å². The number of fused-ring (bicyclic) bond motifs is 3. The third-order valence-corrected chi connectivity index (χ3v) is 2.14. The summed E-state index contributed by atoms with van der Waals surface area (Å²) in [6, 6.07) is 8.16. The number of H-pyrrole nitrogens is 4. The summed E-state index contributed by atoms with van der Waals surface area (Å²) in [5, 5.41) is 14.1. The standard InChI is InChI=1S/C8H9N5/c1-2-4-7-6(3-1)5-9-13-8(7)10-11-12-13/h1-5,9-12H. The number of aromatic amines is 4. The van der Waals surface area contributed by atoms with Crippen LogP contribution in [0.5, 0.6) is 0 Å². The molecule has 0 amide bonds. The maximum Gasteiger partial charge on any atom is 0.173 e. The van der Waals surface area contributed by atoms with Gasteiger partial charge in [0.1, 0.15) is 0 Å². The second-order valence-corrected chi connectivity index (χ2v) is 2.91. The van der Waals surface area contributed by atoms with Crippen molar-refractivity contribution in [3.8, 4) is 5.82 Å². The number of aromatic nitrogens is 5. The fourth-order valence-electron chi connectivity index (χ4n) is 1.51. The second kappa shape index (κ2) is 2.22. The van der Waals surface area contributed by atoms with E-state index in [1.54, 1.807) is 4.80 Å². The lowest BCUT2D eigenvalue weighted by Gasteiger charge is -2.04. The molecule has 0 unspecified atom stereocenters. The molecule has 0 saturated heterocycles. The molecule has 3 rings (SSSR count). The largest absolute Gasteiger partial charge is 0.284 e. The normalized spacial score (nSPS) is 11.1. The number of nitrogens with zero attached hydrogens (tertiary/aromatic N) is 1. The molecular weight excluding hydrogens is 166 g/mol. The molecule has 2 heterocycles. The number of rotatable bonds is 0. The van der Waals surface area contributed by atoms with Crippen molar-refractivity contribution < 1.29 is 0 Å². The fourth-order valence-corrected chi connectivity index (χ4v) is 1.51. The summed E-state index contributed by atoms with van der Waals surface area (Å²) >= 11 is 0. The molecule has 1 aromatic carbocycles. The summed E-state index contributed by atoms with van der Waals surface area (Å²) in [4.78, 5) is 1.78. The molecule has 4 N–H and O–H groups in total. The topological polar surface area (TPSA) is 68.1 Å².